The van der Waals surface area contributed by atoms with Crippen LogP contribution in [0.5, 0.6) is 0 Å². The summed E-state index contributed by atoms with van der Waals surface area (Å²) in [5.74, 6) is 0.0101. The fraction of sp³-hybridized carbons (Fsp3) is 0.139. The highest BCUT2D eigenvalue weighted by atomic mass is 79.9. The first-order valence-electron chi connectivity index (χ1n) is 14.1. The number of aromatic nitrogens is 1. The molecule has 0 spiro atoms. The number of rotatable bonds is 4. The van der Waals surface area contributed by atoms with E-state index >= 15 is 0 Å². The van der Waals surface area contributed by atoms with Gasteiger partial charge in [0.2, 0.25) is 0 Å². The van der Waals surface area contributed by atoms with Crippen LogP contribution in [0.4, 0.5) is 0 Å². The number of carbonyl (C=O) groups is 1. The Morgan fingerprint density at radius 3 is 2.29 bits per heavy atom. The lowest BCUT2D eigenvalue weighted by molar-refractivity contribution is 0.0683. The number of hydrogen-bond acceptors (Lipinski definition) is 3. The first-order chi connectivity index (χ1) is 20.5. The maximum Gasteiger partial charge on any atom is 0.275 e. The fourth-order valence-electron chi connectivity index (χ4n) is 6.15. The van der Waals surface area contributed by atoms with E-state index in [1.807, 2.05) is 72.8 Å². The number of pyridine rings is 1. The van der Waals surface area contributed by atoms with Crippen LogP contribution in [-0.2, 0) is 0 Å². The highest BCUT2D eigenvalue weighted by molar-refractivity contribution is 9.10. The molecule has 2 unspecified atom stereocenters. The number of allylic oxidation sites excluding steroid dienone is 1. The molecule has 0 radical (unpaired) electrons. The van der Waals surface area contributed by atoms with Crippen LogP contribution in [0.1, 0.15) is 46.8 Å². The Bertz CT molecular complexity index is 1850. The van der Waals surface area contributed by atoms with Crippen molar-refractivity contribution in [2.24, 2.45) is 11.0 Å². The second-order valence-electron chi connectivity index (χ2n) is 10.8. The number of hydrazone groups is 1. The monoisotopic (exact) mass is 675 g/mol. The average molecular weight is 677 g/mol. The summed E-state index contributed by atoms with van der Waals surface area (Å²) < 4.78 is 2.06. The zero-order valence-electron chi connectivity index (χ0n) is 22.8. The van der Waals surface area contributed by atoms with E-state index in [9.17, 15) is 4.79 Å². The van der Waals surface area contributed by atoms with Crippen molar-refractivity contribution in [3.63, 3.8) is 0 Å². The van der Waals surface area contributed by atoms with Gasteiger partial charge in [0, 0.05) is 25.8 Å². The number of nitrogens with zero attached hydrogens (tertiary/aromatic N) is 3. The molecule has 4 nitrogen and oxygen atoms in total. The predicted molar refractivity (Wildman–Crippen MR) is 177 cm³/mol. The van der Waals surface area contributed by atoms with Gasteiger partial charge >= 0.3 is 0 Å². The molecule has 6 heteroatoms. The summed E-state index contributed by atoms with van der Waals surface area (Å²) in [7, 11) is 0. The SMILES string of the molecule is O=C(c1cc(-c2ccccc2)nc2ccccc12)N1N=C2/C(=C\c3ccc(Br)cc3)CCCC2C1c1ccc(Br)cc1. The van der Waals surface area contributed by atoms with Crippen LogP contribution in [0.3, 0.4) is 0 Å². The minimum absolute atomic E-state index is 0.108. The van der Waals surface area contributed by atoms with Gasteiger partial charge < -0.3 is 0 Å². The second-order valence-corrected chi connectivity index (χ2v) is 12.6. The van der Waals surface area contributed by atoms with Crippen molar-refractivity contribution in [2.45, 2.75) is 25.3 Å². The molecule has 5 aromatic rings. The lowest BCUT2D eigenvalue weighted by Gasteiger charge is -2.30. The van der Waals surface area contributed by atoms with Crippen molar-refractivity contribution in [2.75, 3.05) is 0 Å². The normalized spacial score (nSPS) is 19.1. The predicted octanol–water partition coefficient (Wildman–Crippen LogP) is 9.86. The maximum atomic E-state index is 14.7. The van der Waals surface area contributed by atoms with E-state index in [0.29, 0.717) is 5.56 Å². The molecule has 0 bridgehead atoms. The largest absolute Gasteiger partial charge is 0.275 e. The summed E-state index contributed by atoms with van der Waals surface area (Å²) >= 11 is 7.13. The third-order valence-corrected chi connectivity index (χ3v) is 9.21. The van der Waals surface area contributed by atoms with E-state index in [0.717, 1.165) is 67.2 Å². The topological polar surface area (TPSA) is 45.6 Å². The number of amides is 1. The molecule has 1 aliphatic heterocycles. The molecule has 1 saturated carbocycles. The van der Waals surface area contributed by atoms with Crippen LogP contribution < -0.4 is 0 Å². The molecule has 0 N–H and O–H groups in total. The summed E-state index contributed by atoms with van der Waals surface area (Å²) in [5, 5.41) is 7.74. The van der Waals surface area contributed by atoms with Crippen molar-refractivity contribution in [1.82, 2.24) is 9.99 Å². The Labute approximate surface area is 262 Å². The highest BCUT2D eigenvalue weighted by Crippen LogP contribution is 2.45. The molecule has 1 aromatic heterocycles. The zero-order chi connectivity index (χ0) is 28.6. The van der Waals surface area contributed by atoms with Gasteiger partial charge in [0.05, 0.1) is 28.5 Å². The fourth-order valence-corrected chi connectivity index (χ4v) is 6.68. The third-order valence-electron chi connectivity index (χ3n) is 8.15. The van der Waals surface area contributed by atoms with Gasteiger partial charge in [-0.25, -0.2) is 9.99 Å². The van der Waals surface area contributed by atoms with E-state index in [2.05, 4.69) is 74.3 Å². The van der Waals surface area contributed by atoms with Gasteiger partial charge in [-0.2, -0.15) is 5.10 Å². The van der Waals surface area contributed by atoms with Gasteiger partial charge in [0.1, 0.15) is 0 Å². The Kier molecular flexibility index (Phi) is 7.34. The van der Waals surface area contributed by atoms with Gasteiger partial charge in [0.15, 0.2) is 0 Å². The van der Waals surface area contributed by atoms with Crippen LogP contribution in [-0.4, -0.2) is 21.6 Å². The van der Waals surface area contributed by atoms with Crippen molar-refractivity contribution < 1.29 is 4.79 Å². The number of hydrogen-bond donors (Lipinski definition) is 0. The smallest absolute Gasteiger partial charge is 0.267 e. The van der Waals surface area contributed by atoms with Gasteiger partial charge in [-0.1, -0.05) is 105 Å². The summed E-state index contributed by atoms with van der Waals surface area (Å²) in [5.41, 5.74) is 7.60. The van der Waals surface area contributed by atoms with E-state index in [1.54, 1.807) is 5.01 Å². The lowest BCUT2D eigenvalue weighted by Crippen LogP contribution is -2.32. The number of halogens is 2. The van der Waals surface area contributed by atoms with Gasteiger partial charge in [0.25, 0.3) is 5.91 Å². The van der Waals surface area contributed by atoms with E-state index in [-0.39, 0.29) is 17.9 Å². The van der Waals surface area contributed by atoms with E-state index in [4.69, 9.17) is 10.1 Å². The van der Waals surface area contributed by atoms with Crippen molar-refractivity contribution in [3.8, 4) is 11.3 Å². The van der Waals surface area contributed by atoms with Crippen molar-refractivity contribution in [3.05, 3.63) is 140 Å². The molecular weight excluding hydrogens is 650 g/mol. The third kappa shape index (κ3) is 5.14. The number of benzene rings is 4. The molecule has 7 rings (SSSR count). The molecule has 0 saturated heterocycles. The van der Waals surface area contributed by atoms with Crippen LogP contribution in [0.2, 0.25) is 0 Å². The second kappa shape index (κ2) is 11.4. The Morgan fingerprint density at radius 2 is 1.52 bits per heavy atom. The standard InChI is InChI=1S/C36H27Br2N3O/c37-27-17-13-23(14-18-27)21-26-9-6-11-30-34(26)40-41(35(30)25-15-19-28(38)20-16-25)36(42)31-22-33(24-7-2-1-3-8-24)39-32-12-5-4-10-29(31)32/h1-5,7-8,10,12-22,30,35H,6,9,11H2/b26-21-. The van der Waals surface area contributed by atoms with Crippen molar-refractivity contribution >= 4 is 60.5 Å². The van der Waals surface area contributed by atoms with Gasteiger partial charge in [-0.3, -0.25) is 4.79 Å². The van der Waals surface area contributed by atoms with Crippen molar-refractivity contribution in [1.29, 1.82) is 0 Å². The van der Waals surface area contributed by atoms with Crippen LogP contribution in [0.15, 0.2) is 129 Å². The molecule has 206 valence electrons. The minimum atomic E-state index is -0.193. The average Bonchev–Trinajstić information content (AvgIpc) is 3.43. The molecular formula is C36H27Br2N3O. The molecule has 2 atom stereocenters. The minimum Gasteiger partial charge on any atom is -0.267 e. The van der Waals surface area contributed by atoms with Gasteiger partial charge in [-0.15, -0.1) is 0 Å². The Balaban J connectivity index is 1.37. The first kappa shape index (κ1) is 27.0. The summed E-state index contributed by atoms with van der Waals surface area (Å²) in [4.78, 5) is 19.6. The maximum absolute atomic E-state index is 14.7. The number of para-hydroxylation sites is 1. The molecule has 4 aromatic carbocycles. The van der Waals surface area contributed by atoms with E-state index < -0.39 is 0 Å². The molecule has 2 heterocycles. The number of carbonyl (C=O) groups excluding carboxylic acids is 1. The van der Waals surface area contributed by atoms with Crippen LogP contribution in [0, 0.1) is 5.92 Å². The number of fused-ring (bicyclic) bond motifs is 2. The highest BCUT2D eigenvalue weighted by Gasteiger charge is 2.44. The molecule has 42 heavy (non-hydrogen) atoms. The molecule has 1 amide bonds. The van der Waals surface area contributed by atoms with Crippen LogP contribution in [0.25, 0.3) is 28.2 Å². The molecule has 1 fully saturated rings. The summed E-state index contributed by atoms with van der Waals surface area (Å²) in [6, 6.07) is 36.3. The van der Waals surface area contributed by atoms with Crippen LogP contribution >= 0.6 is 31.9 Å². The zero-order valence-corrected chi connectivity index (χ0v) is 25.9. The lowest BCUT2D eigenvalue weighted by atomic mass is 9.77. The Morgan fingerprint density at radius 1 is 0.833 bits per heavy atom. The quantitative estimate of drug-likeness (QED) is 0.190. The van der Waals surface area contributed by atoms with E-state index in [1.165, 1.54) is 5.57 Å². The first-order valence-corrected chi connectivity index (χ1v) is 15.7. The van der Waals surface area contributed by atoms with Gasteiger partial charge in [-0.05, 0) is 78.4 Å². The summed E-state index contributed by atoms with van der Waals surface area (Å²) in [6.45, 7) is 0. The molecule has 1 aliphatic carbocycles. The Hall–Kier alpha value is -3.87. The summed E-state index contributed by atoms with van der Waals surface area (Å²) in [6.07, 6.45) is 5.21. The molecule has 2 aliphatic rings.